The Labute approximate surface area is 173 Å². The van der Waals surface area contributed by atoms with E-state index < -0.39 is 30.0 Å². The lowest BCUT2D eigenvalue weighted by Crippen LogP contribution is -2.12. The topological polar surface area (TPSA) is 91.5 Å². The maximum Gasteiger partial charge on any atom is 0.400 e. The van der Waals surface area contributed by atoms with Crippen LogP contribution in [0.25, 0.3) is 15.7 Å². The maximum atomic E-state index is 14.4. The standard InChI is InChI=1S/C16H12BrF4N2O4PS/c17-12-10-1-7(8-4-22-23-5-8)2-11(27-6-9-3-15(9,18)19)13(10)29-14(12)16(20,21)28(24,25)26/h1-2,4,9H,3,5-6H2,(H2,24,25,26). The predicted molar refractivity (Wildman–Crippen MR) is 102 cm³/mol. The van der Waals surface area contributed by atoms with Gasteiger partial charge in [-0.25, -0.2) is 8.78 Å². The van der Waals surface area contributed by atoms with Crippen molar-refractivity contribution in [3.63, 3.8) is 0 Å². The molecule has 2 aromatic rings. The lowest BCUT2D eigenvalue weighted by molar-refractivity contribution is 0.0595. The van der Waals surface area contributed by atoms with Gasteiger partial charge in [-0.2, -0.15) is 19.0 Å². The van der Waals surface area contributed by atoms with Gasteiger partial charge in [-0.15, -0.1) is 11.3 Å². The zero-order chi connectivity index (χ0) is 21.2. The number of azo groups is 1. The second-order valence-electron chi connectivity index (χ2n) is 6.72. The highest BCUT2D eigenvalue weighted by Crippen LogP contribution is 2.63. The van der Waals surface area contributed by atoms with Gasteiger partial charge in [0.05, 0.1) is 30.0 Å². The number of fused-ring (bicyclic) bond motifs is 1. The minimum Gasteiger partial charge on any atom is -0.492 e. The Balaban J connectivity index is 1.82. The van der Waals surface area contributed by atoms with Gasteiger partial charge < -0.3 is 14.5 Å². The number of nitrogens with zero attached hydrogens (tertiary/aromatic N) is 2. The van der Waals surface area contributed by atoms with Crippen molar-refractivity contribution < 1.29 is 36.7 Å². The smallest absolute Gasteiger partial charge is 0.400 e. The number of halogens is 5. The molecule has 0 bridgehead atoms. The third kappa shape index (κ3) is 3.65. The Hall–Kier alpha value is -1.33. The van der Waals surface area contributed by atoms with Crippen molar-refractivity contribution in [2.45, 2.75) is 18.0 Å². The molecule has 0 radical (unpaired) electrons. The van der Waals surface area contributed by atoms with E-state index in [9.17, 15) is 22.1 Å². The summed E-state index contributed by atoms with van der Waals surface area (Å²) < 4.78 is 71.9. The molecule has 1 fully saturated rings. The molecule has 1 aliphatic heterocycles. The third-order valence-electron chi connectivity index (χ3n) is 4.64. The van der Waals surface area contributed by atoms with E-state index in [1.807, 2.05) is 0 Å². The molecule has 0 saturated heterocycles. The molecule has 156 valence electrons. The molecular weight excluding hydrogens is 503 g/mol. The van der Waals surface area contributed by atoms with Crippen LogP contribution in [0.3, 0.4) is 0 Å². The van der Waals surface area contributed by atoms with Gasteiger partial charge in [0.25, 0.3) is 5.92 Å². The quantitative estimate of drug-likeness (QED) is 0.380. The van der Waals surface area contributed by atoms with Crippen LogP contribution in [0.4, 0.5) is 17.6 Å². The van der Waals surface area contributed by atoms with Crippen LogP contribution >= 0.6 is 34.9 Å². The Morgan fingerprint density at radius 3 is 2.62 bits per heavy atom. The van der Waals surface area contributed by atoms with E-state index in [0.29, 0.717) is 22.5 Å². The fraction of sp³-hybridized carbons (Fsp3) is 0.375. The number of hydrogen-bond donors (Lipinski definition) is 2. The second-order valence-corrected chi connectivity index (χ2v) is 10.2. The van der Waals surface area contributed by atoms with Crippen molar-refractivity contribution in [1.29, 1.82) is 0 Å². The Morgan fingerprint density at radius 2 is 2.07 bits per heavy atom. The zero-order valence-electron chi connectivity index (χ0n) is 14.3. The molecule has 0 spiro atoms. The fourth-order valence-electron chi connectivity index (χ4n) is 2.83. The molecule has 1 aromatic heterocycles. The molecule has 1 aromatic carbocycles. The van der Waals surface area contributed by atoms with Crippen LogP contribution in [0.15, 0.2) is 33.0 Å². The first-order valence-electron chi connectivity index (χ1n) is 8.18. The van der Waals surface area contributed by atoms with Crippen LogP contribution < -0.4 is 4.74 Å². The SMILES string of the molecule is O=P(O)(O)C(F)(F)c1sc2c(OCC3CC3(F)F)cc(C3=CN=NC3)cc2c1Br. The van der Waals surface area contributed by atoms with Crippen molar-refractivity contribution in [2.24, 2.45) is 16.1 Å². The molecule has 1 atom stereocenters. The minimum atomic E-state index is -5.79. The highest BCUT2D eigenvalue weighted by Gasteiger charge is 2.57. The lowest BCUT2D eigenvalue weighted by atomic mass is 10.0. The normalized spacial score (nSPS) is 20.9. The number of thiophene rings is 1. The molecule has 29 heavy (non-hydrogen) atoms. The van der Waals surface area contributed by atoms with Gasteiger partial charge in [0, 0.05) is 21.9 Å². The third-order valence-corrected chi connectivity index (χ3v) is 8.12. The first-order chi connectivity index (χ1) is 13.4. The van der Waals surface area contributed by atoms with Gasteiger partial charge >= 0.3 is 13.3 Å². The summed E-state index contributed by atoms with van der Waals surface area (Å²) in [7, 11) is -5.79. The summed E-state index contributed by atoms with van der Waals surface area (Å²) in [5, 5.41) is 7.78. The van der Waals surface area contributed by atoms with Crippen LogP contribution in [0, 0.1) is 5.92 Å². The molecule has 2 aliphatic rings. The van der Waals surface area contributed by atoms with Gasteiger partial charge in [0.15, 0.2) is 0 Å². The summed E-state index contributed by atoms with van der Waals surface area (Å²) in [4.78, 5) is 17.3. The van der Waals surface area contributed by atoms with E-state index >= 15 is 0 Å². The van der Waals surface area contributed by atoms with Gasteiger partial charge in [-0.1, -0.05) is 0 Å². The Morgan fingerprint density at radius 1 is 1.38 bits per heavy atom. The van der Waals surface area contributed by atoms with Crippen LogP contribution in [0.5, 0.6) is 5.75 Å². The number of rotatable bonds is 6. The van der Waals surface area contributed by atoms with E-state index in [1.165, 1.54) is 18.3 Å². The maximum absolute atomic E-state index is 14.4. The second kappa shape index (κ2) is 6.84. The first kappa shape index (κ1) is 20.9. The van der Waals surface area contributed by atoms with Crippen molar-refractivity contribution in [3.8, 4) is 5.75 Å². The Kier molecular flexibility index (Phi) is 4.94. The molecule has 2 heterocycles. The fourth-order valence-corrected chi connectivity index (χ4v) is 5.81. The molecule has 1 aliphatic carbocycles. The van der Waals surface area contributed by atoms with E-state index in [0.717, 1.165) is 0 Å². The predicted octanol–water partition coefficient (Wildman–Crippen LogP) is 5.73. The largest absolute Gasteiger partial charge is 0.492 e. The Bertz CT molecular complexity index is 1110. The summed E-state index contributed by atoms with van der Waals surface area (Å²) in [5.74, 6) is -3.69. The van der Waals surface area contributed by atoms with E-state index in [2.05, 4.69) is 26.2 Å². The van der Waals surface area contributed by atoms with Crippen molar-refractivity contribution in [1.82, 2.24) is 0 Å². The highest BCUT2D eigenvalue weighted by atomic mass is 79.9. The number of ether oxygens (including phenoxy) is 1. The van der Waals surface area contributed by atoms with E-state index in [-0.39, 0.29) is 39.9 Å². The molecule has 1 saturated carbocycles. The molecule has 13 heteroatoms. The average Bonchev–Trinajstić information content (AvgIpc) is 3.00. The van der Waals surface area contributed by atoms with Crippen molar-refractivity contribution in [2.75, 3.05) is 13.2 Å². The average molecular weight is 515 g/mol. The minimum absolute atomic E-state index is 0.0754. The monoisotopic (exact) mass is 514 g/mol. The molecule has 6 nitrogen and oxygen atoms in total. The van der Waals surface area contributed by atoms with Gasteiger partial charge in [-0.3, -0.25) is 4.57 Å². The van der Waals surface area contributed by atoms with Crippen LogP contribution in [-0.2, 0) is 10.2 Å². The zero-order valence-corrected chi connectivity index (χ0v) is 17.6. The van der Waals surface area contributed by atoms with Crippen molar-refractivity contribution >= 4 is 50.5 Å². The summed E-state index contributed by atoms with van der Waals surface area (Å²) in [6.45, 7) is -0.0576. The van der Waals surface area contributed by atoms with Crippen molar-refractivity contribution in [3.05, 3.63) is 33.2 Å². The number of alkyl halides is 4. The van der Waals surface area contributed by atoms with E-state index in [4.69, 9.17) is 14.5 Å². The van der Waals surface area contributed by atoms with Crippen LogP contribution in [0.1, 0.15) is 16.9 Å². The van der Waals surface area contributed by atoms with Crippen LogP contribution in [0.2, 0.25) is 0 Å². The van der Waals surface area contributed by atoms with E-state index in [1.54, 1.807) is 0 Å². The van der Waals surface area contributed by atoms with Gasteiger partial charge in [0.1, 0.15) is 10.6 Å². The molecule has 1 unspecified atom stereocenters. The van der Waals surface area contributed by atoms with Gasteiger partial charge in [0.2, 0.25) is 0 Å². The van der Waals surface area contributed by atoms with Gasteiger partial charge in [-0.05, 0) is 33.6 Å². The summed E-state index contributed by atoms with van der Waals surface area (Å²) in [6, 6.07) is 3.04. The number of hydrogen-bond acceptors (Lipinski definition) is 5. The summed E-state index contributed by atoms with van der Waals surface area (Å²) in [6.07, 6.45) is 1.17. The first-order valence-corrected chi connectivity index (χ1v) is 11.4. The molecule has 0 amide bonds. The molecule has 4 rings (SSSR count). The summed E-state index contributed by atoms with van der Waals surface area (Å²) >= 11 is 3.45. The molecule has 2 N–H and O–H groups in total. The molecular formula is C16H12BrF4N2O4PS. The summed E-state index contributed by atoms with van der Waals surface area (Å²) in [5.41, 5.74) is -3.23. The number of benzene rings is 1. The highest BCUT2D eigenvalue weighted by molar-refractivity contribution is 9.10. The van der Waals surface area contributed by atoms with Crippen LogP contribution in [-0.4, -0.2) is 28.9 Å². The lowest BCUT2D eigenvalue weighted by Gasteiger charge is -2.16.